The average Bonchev–Trinajstić information content (AvgIpc) is 3.35. The first-order valence-corrected chi connectivity index (χ1v) is 14.2. The van der Waals surface area contributed by atoms with Crippen LogP contribution < -0.4 is 10.6 Å². The number of pyridine rings is 1. The zero-order valence-electron chi connectivity index (χ0n) is 22.4. The van der Waals surface area contributed by atoms with E-state index in [1.165, 1.54) is 5.56 Å². The Morgan fingerprint density at radius 3 is 2.68 bits per heavy atom. The van der Waals surface area contributed by atoms with Gasteiger partial charge in [0.15, 0.2) is 0 Å². The molecule has 8 nitrogen and oxygen atoms in total. The van der Waals surface area contributed by atoms with Gasteiger partial charge in [-0.3, -0.25) is 4.79 Å². The van der Waals surface area contributed by atoms with Gasteiger partial charge < -0.3 is 20.4 Å². The smallest absolute Gasteiger partial charge is 0.253 e. The maximum atomic E-state index is 12.7. The van der Waals surface area contributed by atoms with E-state index in [4.69, 9.17) is 11.6 Å². The van der Waals surface area contributed by atoms with Crippen LogP contribution >= 0.6 is 22.9 Å². The number of hydrogen-bond acceptors (Lipinski definition) is 6. The van der Waals surface area contributed by atoms with Gasteiger partial charge in [-0.25, -0.2) is 4.98 Å². The standard InChI is InChI=1S/C27H38ClN7OS/c1-18(2)32-27(31-17-29)35(15-22-9-13-37-16-22)23-7-11-34(12-8-23)20(4)6-10-30-26(36)25-19(3)14-24(28)33-21(25)5/h9,13-14,16,18,20,23H,6-8,10-12,15H2,1-5H3,(H,30,36)(H,31,32)/t20-/m1/s1. The minimum atomic E-state index is -0.101. The van der Waals surface area contributed by atoms with E-state index >= 15 is 0 Å². The Morgan fingerprint density at radius 2 is 2.08 bits per heavy atom. The van der Waals surface area contributed by atoms with E-state index in [0.29, 0.717) is 41.0 Å². The zero-order valence-corrected chi connectivity index (χ0v) is 24.0. The summed E-state index contributed by atoms with van der Waals surface area (Å²) >= 11 is 7.69. The molecule has 0 aliphatic carbocycles. The lowest BCUT2D eigenvalue weighted by Crippen LogP contribution is -2.53. The molecule has 37 heavy (non-hydrogen) atoms. The molecule has 2 aromatic rings. The number of rotatable bonds is 9. The molecule has 1 aliphatic heterocycles. The molecular formula is C27H38ClN7OS. The van der Waals surface area contributed by atoms with Crippen molar-refractivity contribution in [1.82, 2.24) is 25.4 Å². The Bertz CT molecular complexity index is 1080. The SMILES string of the molecule is Cc1cc(Cl)nc(C)c1C(=O)NCC[C@@H](C)N1CCC(N(Cc2ccsc2)/C(=N/C#N)NC(C)C)CC1. The first-order chi connectivity index (χ1) is 17.7. The quantitative estimate of drug-likeness (QED) is 0.205. The number of likely N-dealkylation sites (tertiary alicyclic amines) is 1. The molecule has 10 heteroatoms. The lowest BCUT2D eigenvalue weighted by atomic mass is 10.0. The summed E-state index contributed by atoms with van der Waals surface area (Å²) in [6.07, 6.45) is 4.82. The fraction of sp³-hybridized carbons (Fsp3) is 0.556. The highest BCUT2D eigenvalue weighted by atomic mass is 35.5. The summed E-state index contributed by atoms with van der Waals surface area (Å²) < 4.78 is 0. The van der Waals surface area contributed by atoms with E-state index in [-0.39, 0.29) is 11.9 Å². The molecule has 3 heterocycles. The van der Waals surface area contributed by atoms with Crippen molar-refractivity contribution in [2.75, 3.05) is 19.6 Å². The van der Waals surface area contributed by atoms with Crippen LogP contribution in [-0.4, -0.2) is 64.4 Å². The van der Waals surface area contributed by atoms with Crippen LogP contribution in [-0.2, 0) is 6.54 Å². The molecule has 0 aromatic carbocycles. The van der Waals surface area contributed by atoms with Gasteiger partial charge in [0.25, 0.3) is 5.91 Å². The van der Waals surface area contributed by atoms with Crippen molar-refractivity contribution in [2.24, 2.45) is 4.99 Å². The predicted octanol–water partition coefficient (Wildman–Crippen LogP) is 4.72. The number of nitrogens with one attached hydrogen (secondary N) is 2. The van der Waals surface area contributed by atoms with Gasteiger partial charge >= 0.3 is 0 Å². The second-order valence-corrected chi connectivity index (χ2v) is 11.1. The normalized spacial score (nSPS) is 15.9. The molecule has 0 saturated carbocycles. The van der Waals surface area contributed by atoms with E-state index in [1.54, 1.807) is 17.4 Å². The molecule has 0 spiro atoms. The first-order valence-electron chi connectivity index (χ1n) is 12.9. The lowest BCUT2D eigenvalue weighted by Gasteiger charge is -2.42. The van der Waals surface area contributed by atoms with E-state index in [0.717, 1.165) is 44.5 Å². The third kappa shape index (κ3) is 8.16. The second-order valence-electron chi connectivity index (χ2n) is 9.98. The van der Waals surface area contributed by atoms with Crippen molar-refractivity contribution in [3.63, 3.8) is 0 Å². The molecule has 1 amide bonds. The minimum absolute atomic E-state index is 0.101. The van der Waals surface area contributed by atoms with Gasteiger partial charge in [0.1, 0.15) is 5.15 Å². The summed E-state index contributed by atoms with van der Waals surface area (Å²) in [5.41, 5.74) is 3.32. The Morgan fingerprint density at radius 1 is 1.35 bits per heavy atom. The van der Waals surface area contributed by atoms with Crippen LogP contribution in [0.5, 0.6) is 0 Å². The molecule has 1 fully saturated rings. The second kappa shape index (κ2) is 13.8. The van der Waals surface area contributed by atoms with Crippen molar-refractivity contribution in [1.29, 1.82) is 5.26 Å². The number of aryl methyl sites for hydroxylation is 2. The van der Waals surface area contributed by atoms with Crippen molar-refractivity contribution in [3.8, 4) is 6.19 Å². The van der Waals surface area contributed by atoms with Gasteiger partial charge in [0, 0.05) is 44.3 Å². The van der Waals surface area contributed by atoms with Crippen molar-refractivity contribution in [3.05, 3.63) is 50.4 Å². The number of carbonyl (C=O) groups excluding carboxylic acids is 1. The number of hydrogen-bond donors (Lipinski definition) is 2. The van der Waals surface area contributed by atoms with Gasteiger partial charge in [0.2, 0.25) is 12.2 Å². The number of aromatic nitrogens is 1. The van der Waals surface area contributed by atoms with Crippen LogP contribution in [0.15, 0.2) is 27.9 Å². The number of amides is 1. The van der Waals surface area contributed by atoms with Gasteiger partial charge in [-0.2, -0.15) is 16.6 Å². The van der Waals surface area contributed by atoms with Gasteiger partial charge in [-0.1, -0.05) is 11.6 Å². The zero-order chi connectivity index (χ0) is 26.9. The Labute approximate surface area is 229 Å². The number of nitriles is 1. The summed E-state index contributed by atoms with van der Waals surface area (Å²) in [5.74, 6) is 0.552. The highest BCUT2D eigenvalue weighted by Gasteiger charge is 2.29. The number of piperidine rings is 1. The highest BCUT2D eigenvalue weighted by Crippen LogP contribution is 2.23. The Kier molecular flexibility index (Phi) is 10.7. The number of thiophene rings is 1. The molecule has 1 atom stereocenters. The van der Waals surface area contributed by atoms with Gasteiger partial charge in [-0.15, -0.1) is 4.99 Å². The molecule has 1 aliphatic rings. The Hall–Kier alpha value is -2.67. The number of guanidine groups is 1. The molecule has 2 aromatic heterocycles. The fourth-order valence-corrected chi connectivity index (χ4v) is 5.82. The Balaban J connectivity index is 1.55. The third-order valence-corrected chi connectivity index (χ3v) is 7.71. The largest absolute Gasteiger partial charge is 0.353 e. The lowest BCUT2D eigenvalue weighted by molar-refractivity contribution is 0.0933. The summed E-state index contributed by atoms with van der Waals surface area (Å²) in [6.45, 7) is 13.3. The van der Waals surface area contributed by atoms with Crippen molar-refractivity contribution in [2.45, 2.75) is 78.6 Å². The predicted molar refractivity (Wildman–Crippen MR) is 151 cm³/mol. The van der Waals surface area contributed by atoms with Crippen LogP contribution in [0.3, 0.4) is 0 Å². The van der Waals surface area contributed by atoms with E-state index in [9.17, 15) is 10.1 Å². The molecule has 2 N–H and O–H groups in total. The van der Waals surface area contributed by atoms with E-state index in [1.807, 2.05) is 20.0 Å². The van der Waals surface area contributed by atoms with Crippen LogP contribution in [0.1, 0.15) is 67.2 Å². The fourth-order valence-electron chi connectivity index (χ4n) is 4.87. The van der Waals surface area contributed by atoms with E-state index in [2.05, 4.69) is 68.0 Å². The number of carbonyl (C=O) groups is 1. The number of nitrogens with zero attached hydrogens (tertiary/aromatic N) is 5. The molecule has 200 valence electrons. The van der Waals surface area contributed by atoms with Crippen LogP contribution in [0.25, 0.3) is 0 Å². The van der Waals surface area contributed by atoms with Gasteiger partial charge in [0.05, 0.1) is 11.3 Å². The summed E-state index contributed by atoms with van der Waals surface area (Å²) in [7, 11) is 0. The van der Waals surface area contributed by atoms with Gasteiger partial charge in [-0.05, 0) is 87.9 Å². The molecule has 0 radical (unpaired) electrons. The highest BCUT2D eigenvalue weighted by molar-refractivity contribution is 7.07. The summed E-state index contributed by atoms with van der Waals surface area (Å²) in [4.78, 5) is 25.9. The van der Waals surface area contributed by atoms with E-state index < -0.39 is 0 Å². The molecule has 0 bridgehead atoms. The van der Waals surface area contributed by atoms with Crippen molar-refractivity contribution >= 4 is 34.8 Å². The number of halogens is 1. The van der Waals surface area contributed by atoms with Crippen LogP contribution in [0, 0.1) is 25.3 Å². The summed E-state index contributed by atoms with van der Waals surface area (Å²) in [5, 5.41) is 20.4. The van der Waals surface area contributed by atoms with Crippen molar-refractivity contribution < 1.29 is 4.79 Å². The summed E-state index contributed by atoms with van der Waals surface area (Å²) in [6, 6.07) is 4.68. The third-order valence-electron chi connectivity index (χ3n) is 6.78. The number of aliphatic imine (C=N–C) groups is 1. The maximum Gasteiger partial charge on any atom is 0.253 e. The maximum absolute atomic E-state index is 12.7. The molecule has 1 saturated heterocycles. The molecule has 0 unspecified atom stereocenters. The topological polar surface area (TPSA) is 96.7 Å². The minimum Gasteiger partial charge on any atom is -0.353 e. The monoisotopic (exact) mass is 543 g/mol. The molecule has 3 rings (SSSR count). The van der Waals surface area contributed by atoms with Crippen LogP contribution in [0.2, 0.25) is 5.15 Å². The molecular weight excluding hydrogens is 506 g/mol. The van der Waals surface area contributed by atoms with Crippen LogP contribution in [0.4, 0.5) is 0 Å². The average molecular weight is 544 g/mol. The first kappa shape index (κ1) is 28.9.